The quantitative estimate of drug-likeness (QED) is 0.164. The van der Waals surface area contributed by atoms with Crippen LogP contribution in [0.2, 0.25) is 0 Å². The van der Waals surface area contributed by atoms with E-state index in [1.54, 1.807) is 0 Å². The van der Waals surface area contributed by atoms with Crippen molar-refractivity contribution in [3.05, 3.63) is 197 Å². The molecular weight excluding hydrogens is 1070 g/mol. The molecule has 0 saturated heterocycles. The number of para-hydroxylation sites is 2. The first-order valence-electron chi connectivity index (χ1n) is 32.8. The van der Waals surface area contributed by atoms with Gasteiger partial charge in [0.2, 0.25) is 0 Å². The molecule has 3 aliphatic heterocycles. The molecule has 2 atom stereocenters. The molecule has 0 spiro atoms. The zero-order valence-corrected chi connectivity index (χ0v) is 54.6. The summed E-state index contributed by atoms with van der Waals surface area (Å²) in [5.41, 5.74) is 27.0. The Kier molecular flexibility index (Phi) is 11.5. The number of benzene rings is 9. The van der Waals surface area contributed by atoms with Crippen LogP contribution in [0, 0.1) is 0 Å². The molecule has 2 unspecified atom stereocenters. The fourth-order valence-electron chi connectivity index (χ4n) is 17.1. The first-order chi connectivity index (χ1) is 41.7. The van der Waals surface area contributed by atoms with Crippen LogP contribution in [0.3, 0.4) is 0 Å². The normalized spacial score (nSPS) is 20.1. The van der Waals surface area contributed by atoms with Crippen LogP contribution in [0.25, 0.3) is 55.0 Å². The second-order valence-electron chi connectivity index (χ2n) is 31.9. The first kappa shape index (κ1) is 55.4. The smallest absolute Gasteiger partial charge is 0.252 e. The fraction of sp³-hybridized carbons (Fsp3) is 0.341. The lowest BCUT2D eigenvalue weighted by Gasteiger charge is -2.51. The zero-order chi connectivity index (χ0) is 61.1. The molecule has 1 fully saturated rings. The average Bonchev–Trinajstić information content (AvgIpc) is 1.50. The Morgan fingerprint density at radius 3 is 1.75 bits per heavy atom. The molecule has 9 aromatic carbocycles. The summed E-state index contributed by atoms with van der Waals surface area (Å²) >= 11 is 0. The Hall–Kier alpha value is -7.96. The second kappa shape index (κ2) is 18.3. The Labute approximate surface area is 521 Å². The van der Waals surface area contributed by atoms with Crippen LogP contribution in [0.5, 0.6) is 0 Å². The summed E-state index contributed by atoms with van der Waals surface area (Å²) in [5.74, 6) is 0. The molecule has 88 heavy (non-hydrogen) atoms. The molecule has 442 valence electrons. The summed E-state index contributed by atoms with van der Waals surface area (Å²) in [5, 5.41) is 4.55. The van der Waals surface area contributed by atoms with Crippen molar-refractivity contribution in [2.75, 3.05) is 14.7 Å². The Bertz CT molecular complexity index is 4760. The van der Waals surface area contributed by atoms with Gasteiger partial charge in [0.15, 0.2) is 5.58 Å². The Morgan fingerprint density at radius 1 is 0.420 bits per heavy atom. The van der Waals surface area contributed by atoms with Gasteiger partial charge in [0.05, 0.1) is 28.0 Å². The van der Waals surface area contributed by atoms with Crippen molar-refractivity contribution in [1.29, 1.82) is 0 Å². The minimum Gasteiger partial charge on any atom is -0.456 e. The summed E-state index contributed by atoms with van der Waals surface area (Å²) in [6, 6.07) is 63.8. The third kappa shape index (κ3) is 7.78. The number of rotatable bonds is 4. The molecule has 1 saturated carbocycles. The molecule has 2 aromatic heterocycles. The molecule has 5 aliphatic rings. The fourth-order valence-corrected chi connectivity index (χ4v) is 17.1. The number of hydrogen-bond acceptors (Lipinski definition) is 5. The van der Waals surface area contributed by atoms with Crippen molar-refractivity contribution in [2.24, 2.45) is 0 Å². The Balaban J connectivity index is 1.12. The van der Waals surface area contributed by atoms with Gasteiger partial charge in [-0.15, -0.1) is 0 Å². The van der Waals surface area contributed by atoms with Crippen molar-refractivity contribution in [3.63, 3.8) is 0 Å². The summed E-state index contributed by atoms with van der Waals surface area (Å²) in [6.07, 6.45) is 6.83. The van der Waals surface area contributed by atoms with Crippen LogP contribution in [-0.2, 0) is 32.5 Å². The molecule has 0 bridgehead atoms. The highest BCUT2D eigenvalue weighted by Crippen LogP contribution is 2.63. The lowest BCUT2D eigenvalue weighted by atomic mass is 9.33. The molecule has 11 aromatic rings. The van der Waals surface area contributed by atoms with E-state index in [9.17, 15) is 0 Å². The van der Waals surface area contributed by atoms with E-state index in [2.05, 4.69) is 282 Å². The highest BCUT2D eigenvalue weighted by molar-refractivity contribution is 7.00. The van der Waals surface area contributed by atoms with E-state index in [0.717, 1.165) is 80.9 Å². The minimum atomic E-state index is -0.242. The van der Waals surface area contributed by atoms with Crippen molar-refractivity contribution in [2.45, 2.75) is 180 Å². The number of anilines is 8. The van der Waals surface area contributed by atoms with Crippen molar-refractivity contribution >= 4 is 112 Å². The van der Waals surface area contributed by atoms with Crippen LogP contribution in [-0.4, -0.2) is 12.3 Å². The van der Waals surface area contributed by atoms with E-state index in [1.807, 2.05) is 0 Å². The minimum absolute atomic E-state index is 0.00739. The van der Waals surface area contributed by atoms with Crippen LogP contribution in [0.15, 0.2) is 173 Å². The van der Waals surface area contributed by atoms with Crippen LogP contribution < -0.4 is 31.1 Å². The van der Waals surface area contributed by atoms with Gasteiger partial charge in [-0.3, -0.25) is 0 Å². The monoisotopic (exact) mass is 1150 g/mol. The van der Waals surface area contributed by atoms with Gasteiger partial charge in [0, 0.05) is 55.6 Å². The summed E-state index contributed by atoms with van der Waals surface area (Å²) in [7, 11) is 0. The lowest BCUT2D eigenvalue weighted by Crippen LogP contribution is -2.62. The predicted octanol–water partition coefficient (Wildman–Crippen LogP) is 21.2. The van der Waals surface area contributed by atoms with E-state index in [-0.39, 0.29) is 44.7 Å². The maximum Gasteiger partial charge on any atom is 0.252 e. The highest BCUT2D eigenvalue weighted by Gasteiger charge is 2.59. The van der Waals surface area contributed by atoms with E-state index >= 15 is 0 Å². The average molecular weight is 1150 g/mol. The SMILES string of the molecule is CC(C)(C)c1ccc(N2c3cc(N4c5ccc(C(C)(C)C)cc5C5(C)CCCCC45C)cc4c3B(c3cc5c(cc3N4c3cccc4c3oc3ccccc34)C(C)(C)CCC5(C)C)c3ccc4oc5ccc(C(C)(C)C)cc5c4c32)c(-c2ccccc2)c1. The molecular formula is C82H84BN3O2. The van der Waals surface area contributed by atoms with Crippen LogP contribution in [0.1, 0.15) is 176 Å². The van der Waals surface area contributed by atoms with Crippen molar-refractivity contribution in [1.82, 2.24) is 0 Å². The zero-order valence-electron chi connectivity index (χ0n) is 54.6. The van der Waals surface area contributed by atoms with Gasteiger partial charge in [0.25, 0.3) is 6.71 Å². The van der Waals surface area contributed by atoms with Gasteiger partial charge in [-0.25, -0.2) is 0 Å². The Morgan fingerprint density at radius 2 is 1.02 bits per heavy atom. The molecule has 0 N–H and O–H groups in total. The van der Waals surface area contributed by atoms with Crippen molar-refractivity contribution in [3.8, 4) is 11.1 Å². The standard InChI is InChI=1S/C82H84BN3O2/c1-76(2,3)50-30-34-63(56(42-50)49-24-17-16-18-25-49)85-68-46-53(86-64-35-31-52(78(7,8)9)44-60(64)81(14)38-21-22-39-82(81,86)15)45-67-73(68)83(61-33-37-71-72(74(61)85)57-43-51(77(4,5)6)32-36-70(57)87-71)62-47-58-59(80(12,13)41-40-79(58,10)11)48-66(62)84(67)65-28-23-27-55-54-26-19-20-29-69(54)88-75(55)65/h16-20,23-37,42-48H,21-22,38-41H2,1-15H3. The largest absolute Gasteiger partial charge is 0.456 e. The molecule has 2 aliphatic carbocycles. The van der Waals surface area contributed by atoms with Crippen molar-refractivity contribution < 1.29 is 8.83 Å². The van der Waals surface area contributed by atoms with E-state index in [0.29, 0.717) is 0 Å². The third-order valence-electron chi connectivity index (χ3n) is 22.5. The maximum atomic E-state index is 7.26. The van der Waals surface area contributed by atoms with Gasteiger partial charge in [-0.05, 0) is 182 Å². The summed E-state index contributed by atoms with van der Waals surface area (Å²) in [4.78, 5) is 8.23. The molecule has 0 radical (unpaired) electrons. The summed E-state index contributed by atoms with van der Waals surface area (Å²) < 4.78 is 14.4. The van der Waals surface area contributed by atoms with Gasteiger partial charge in [-0.2, -0.15) is 0 Å². The number of hydrogen-bond donors (Lipinski definition) is 0. The van der Waals surface area contributed by atoms with Gasteiger partial charge in [-0.1, -0.05) is 207 Å². The topological polar surface area (TPSA) is 36.0 Å². The first-order valence-corrected chi connectivity index (χ1v) is 32.8. The van der Waals surface area contributed by atoms with Gasteiger partial charge < -0.3 is 23.5 Å². The maximum absolute atomic E-state index is 7.26. The molecule has 0 amide bonds. The van der Waals surface area contributed by atoms with E-state index in [4.69, 9.17) is 8.83 Å². The van der Waals surface area contributed by atoms with Gasteiger partial charge >= 0.3 is 0 Å². The van der Waals surface area contributed by atoms with Gasteiger partial charge in [0.1, 0.15) is 16.7 Å². The number of fused-ring (bicyclic) bond motifs is 15. The number of nitrogens with zero attached hydrogens (tertiary/aromatic N) is 3. The number of furan rings is 2. The van der Waals surface area contributed by atoms with E-state index in [1.165, 1.54) is 108 Å². The third-order valence-corrected chi connectivity index (χ3v) is 22.5. The van der Waals surface area contributed by atoms with E-state index < -0.39 is 0 Å². The molecule has 5 heterocycles. The predicted molar refractivity (Wildman–Crippen MR) is 375 cm³/mol. The summed E-state index contributed by atoms with van der Waals surface area (Å²) in [6.45, 7) is 36.1. The molecule has 16 rings (SSSR count). The van der Waals surface area contributed by atoms with Crippen LogP contribution >= 0.6 is 0 Å². The second-order valence-corrected chi connectivity index (χ2v) is 31.9. The van der Waals surface area contributed by atoms with Crippen LogP contribution in [0.4, 0.5) is 45.5 Å². The highest BCUT2D eigenvalue weighted by atomic mass is 16.3. The molecule has 6 heteroatoms. The molecule has 5 nitrogen and oxygen atoms in total. The lowest BCUT2D eigenvalue weighted by molar-refractivity contribution is 0.195.